The second-order valence-corrected chi connectivity index (χ2v) is 10.1. The zero-order valence-electron chi connectivity index (χ0n) is 24.5. The summed E-state index contributed by atoms with van der Waals surface area (Å²) in [5.74, 6) is 0.941. The van der Waals surface area contributed by atoms with Gasteiger partial charge in [0.05, 0.1) is 14.2 Å². The van der Waals surface area contributed by atoms with Gasteiger partial charge in [-0.25, -0.2) is 0 Å². The van der Waals surface area contributed by atoms with Crippen LogP contribution in [0.25, 0.3) is 6.08 Å². The minimum Gasteiger partial charge on any atom is -0.504 e. The Morgan fingerprint density at radius 3 is 2.08 bits per heavy atom. The molecule has 2 rings (SSSR count). The minimum absolute atomic E-state index is 0.0121. The molecule has 0 aromatic heterocycles. The minimum atomic E-state index is -0.758. The number of ether oxygens (including phenoxy) is 6. The third kappa shape index (κ3) is 10.4. The monoisotopic (exact) mass is 558 g/mol. The van der Waals surface area contributed by atoms with Crippen LogP contribution in [0.2, 0.25) is 0 Å². The molecule has 0 bridgehead atoms. The summed E-state index contributed by atoms with van der Waals surface area (Å²) in [6.07, 6.45) is 2.79. The quantitative estimate of drug-likeness (QED) is 0.258. The maximum absolute atomic E-state index is 12.4. The van der Waals surface area contributed by atoms with Crippen LogP contribution in [0, 0.1) is 11.8 Å². The summed E-state index contributed by atoms with van der Waals surface area (Å²) in [7, 11) is 4.51. The van der Waals surface area contributed by atoms with Gasteiger partial charge in [0.1, 0.15) is 19.3 Å². The van der Waals surface area contributed by atoms with E-state index >= 15 is 0 Å². The lowest BCUT2D eigenvalue weighted by Crippen LogP contribution is -2.33. The number of carbonyl (C=O) groups excluding carboxylic acids is 2. The van der Waals surface area contributed by atoms with Gasteiger partial charge in [-0.1, -0.05) is 45.9 Å². The summed E-state index contributed by atoms with van der Waals surface area (Å²) in [6, 6.07) is 10.2. The highest BCUT2D eigenvalue weighted by atomic mass is 16.6. The molecule has 0 aliphatic rings. The van der Waals surface area contributed by atoms with Crippen LogP contribution in [0.4, 0.5) is 0 Å². The fraction of sp³-hybridized carbons (Fsp3) is 0.484. The van der Waals surface area contributed by atoms with Gasteiger partial charge in [-0.3, -0.25) is 9.59 Å². The molecule has 2 atom stereocenters. The largest absolute Gasteiger partial charge is 0.504 e. The molecule has 0 unspecified atom stereocenters. The van der Waals surface area contributed by atoms with Crippen molar-refractivity contribution in [2.45, 2.75) is 52.7 Å². The third-order valence-electron chi connectivity index (χ3n) is 5.80. The Hall–Kier alpha value is -3.72. The standard InChI is InChI=1S/C31H42O9/c1-20(2)15-29(33)38-14-8-9-22-10-13-25(27(17-22)36-6)40-28(19-39-30(34)16-21(3)4)31(37-7)23-11-12-24(32)26(18-23)35-5/h8-13,17-18,20-21,28,31-32H,14-16,19H2,1-7H3/t28-,31-/m1/s1. The second kappa shape index (κ2) is 16.4. The van der Waals surface area contributed by atoms with Crippen molar-refractivity contribution < 1.29 is 43.1 Å². The van der Waals surface area contributed by atoms with Gasteiger partial charge >= 0.3 is 11.9 Å². The highest BCUT2D eigenvalue weighted by Crippen LogP contribution is 2.35. The number of hydrogen-bond acceptors (Lipinski definition) is 9. The molecule has 0 spiro atoms. The van der Waals surface area contributed by atoms with E-state index < -0.39 is 12.2 Å². The number of methoxy groups -OCH3 is 3. The molecule has 2 aromatic carbocycles. The van der Waals surface area contributed by atoms with E-state index in [-0.39, 0.29) is 54.9 Å². The fourth-order valence-corrected chi connectivity index (χ4v) is 3.89. The first kappa shape index (κ1) is 32.5. The molecule has 1 N–H and O–H groups in total. The first-order valence-corrected chi connectivity index (χ1v) is 13.3. The van der Waals surface area contributed by atoms with E-state index in [1.807, 2.05) is 39.8 Å². The van der Waals surface area contributed by atoms with Crippen LogP contribution in [0.5, 0.6) is 23.0 Å². The summed E-state index contributed by atoms with van der Waals surface area (Å²) in [4.78, 5) is 24.1. The number of esters is 2. The Morgan fingerprint density at radius 2 is 1.48 bits per heavy atom. The molecule has 9 nitrogen and oxygen atoms in total. The third-order valence-corrected chi connectivity index (χ3v) is 5.80. The van der Waals surface area contributed by atoms with Gasteiger partial charge in [-0.05, 0) is 53.3 Å². The van der Waals surface area contributed by atoms with Crippen molar-refractivity contribution in [2.75, 3.05) is 34.5 Å². The molecule has 0 fully saturated rings. The van der Waals surface area contributed by atoms with Crippen LogP contribution in [0.3, 0.4) is 0 Å². The predicted octanol–water partition coefficient (Wildman–Crippen LogP) is 5.74. The van der Waals surface area contributed by atoms with Crippen molar-refractivity contribution in [2.24, 2.45) is 11.8 Å². The fourth-order valence-electron chi connectivity index (χ4n) is 3.89. The van der Waals surface area contributed by atoms with Crippen LogP contribution in [-0.4, -0.2) is 57.7 Å². The van der Waals surface area contributed by atoms with Crippen molar-refractivity contribution in [1.29, 1.82) is 0 Å². The molecule has 2 aromatic rings. The van der Waals surface area contributed by atoms with Crippen molar-refractivity contribution >= 4 is 18.0 Å². The number of aromatic hydroxyl groups is 1. The van der Waals surface area contributed by atoms with E-state index in [4.69, 9.17) is 28.4 Å². The summed E-state index contributed by atoms with van der Waals surface area (Å²) in [5, 5.41) is 10.0. The van der Waals surface area contributed by atoms with E-state index in [0.29, 0.717) is 23.5 Å². The lowest BCUT2D eigenvalue weighted by atomic mass is 10.0. The van der Waals surface area contributed by atoms with Gasteiger partial charge in [0.25, 0.3) is 0 Å². The molecular formula is C31H42O9. The Bertz CT molecular complexity index is 1120. The van der Waals surface area contributed by atoms with Gasteiger partial charge in [-0.2, -0.15) is 0 Å². The van der Waals surface area contributed by atoms with Gasteiger partial charge < -0.3 is 33.5 Å². The molecule has 0 aliphatic heterocycles. The molecular weight excluding hydrogens is 516 g/mol. The van der Waals surface area contributed by atoms with Gasteiger partial charge in [-0.15, -0.1) is 0 Å². The van der Waals surface area contributed by atoms with Crippen LogP contribution >= 0.6 is 0 Å². The molecule has 220 valence electrons. The smallest absolute Gasteiger partial charge is 0.306 e. The zero-order chi connectivity index (χ0) is 29.7. The molecule has 0 heterocycles. The number of phenols is 1. The summed E-state index contributed by atoms with van der Waals surface area (Å²) < 4.78 is 33.7. The number of benzene rings is 2. The maximum atomic E-state index is 12.4. The molecule has 0 aliphatic carbocycles. The SMILES string of the molecule is COc1cc([C@@H](OC)[C@@H](COC(=O)CC(C)C)Oc2ccc(C=CCOC(=O)CC(C)C)cc2OC)ccc1O. The van der Waals surface area contributed by atoms with Crippen LogP contribution in [-0.2, 0) is 23.8 Å². The van der Waals surface area contributed by atoms with Gasteiger partial charge in [0.2, 0.25) is 0 Å². The highest BCUT2D eigenvalue weighted by molar-refractivity contribution is 5.70. The van der Waals surface area contributed by atoms with E-state index in [9.17, 15) is 14.7 Å². The number of carbonyl (C=O) groups is 2. The first-order valence-electron chi connectivity index (χ1n) is 13.3. The first-order chi connectivity index (χ1) is 19.1. The van der Waals surface area contributed by atoms with Crippen LogP contribution < -0.4 is 14.2 Å². The topological polar surface area (TPSA) is 110 Å². The highest BCUT2D eigenvalue weighted by Gasteiger charge is 2.29. The molecule has 0 amide bonds. The lowest BCUT2D eigenvalue weighted by Gasteiger charge is -2.28. The predicted molar refractivity (Wildman–Crippen MR) is 152 cm³/mol. The van der Waals surface area contributed by atoms with Crippen molar-refractivity contribution in [3.05, 3.63) is 53.6 Å². The van der Waals surface area contributed by atoms with Gasteiger partial charge in [0.15, 0.2) is 29.1 Å². The summed E-state index contributed by atoms with van der Waals surface area (Å²) >= 11 is 0. The van der Waals surface area contributed by atoms with Crippen LogP contribution in [0.1, 0.15) is 57.8 Å². The lowest BCUT2D eigenvalue weighted by molar-refractivity contribution is -0.149. The second-order valence-electron chi connectivity index (χ2n) is 10.1. The summed E-state index contributed by atoms with van der Waals surface area (Å²) in [5.41, 5.74) is 1.48. The number of phenolic OH excluding ortho intramolecular Hbond substituents is 1. The van der Waals surface area contributed by atoms with Crippen LogP contribution in [0.15, 0.2) is 42.5 Å². The molecule has 0 radical (unpaired) electrons. The van der Waals surface area contributed by atoms with Crippen molar-refractivity contribution in [1.82, 2.24) is 0 Å². The Kier molecular flexibility index (Phi) is 13.3. The molecule has 9 heteroatoms. The number of rotatable bonds is 16. The normalized spacial score (nSPS) is 12.8. The number of hydrogen-bond donors (Lipinski definition) is 1. The molecule has 40 heavy (non-hydrogen) atoms. The van der Waals surface area contributed by atoms with Crippen molar-refractivity contribution in [3.63, 3.8) is 0 Å². The average molecular weight is 559 g/mol. The maximum Gasteiger partial charge on any atom is 0.306 e. The van der Waals surface area contributed by atoms with E-state index in [1.54, 1.807) is 30.3 Å². The Morgan fingerprint density at radius 1 is 0.825 bits per heavy atom. The van der Waals surface area contributed by atoms with Gasteiger partial charge in [0, 0.05) is 20.0 Å². The van der Waals surface area contributed by atoms with E-state index in [0.717, 1.165) is 5.56 Å². The van der Waals surface area contributed by atoms with E-state index in [1.165, 1.54) is 27.4 Å². The average Bonchev–Trinajstić information content (AvgIpc) is 2.90. The van der Waals surface area contributed by atoms with Crippen molar-refractivity contribution in [3.8, 4) is 23.0 Å². The molecule has 0 saturated heterocycles. The van der Waals surface area contributed by atoms with E-state index in [2.05, 4.69) is 0 Å². The summed E-state index contributed by atoms with van der Waals surface area (Å²) in [6.45, 7) is 7.88. The zero-order valence-corrected chi connectivity index (χ0v) is 24.5. The molecule has 0 saturated carbocycles. The Labute approximate surface area is 237 Å². The Balaban J connectivity index is 2.27.